The highest BCUT2D eigenvalue weighted by Gasteiger charge is 2.02. The maximum Gasteiger partial charge on any atom is 0.138 e. The zero-order valence-corrected chi connectivity index (χ0v) is 10.3. The van der Waals surface area contributed by atoms with Crippen LogP contribution in [0, 0.1) is 6.92 Å². The lowest BCUT2D eigenvalue weighted by molar-refractivity contribution is 0.291. The second-order valence-corrected chi connectivity index (χ2v) is 4.23. The highest BCUT2D eigenvalue weighted by molar-refractivity contribution is 6.32. The SMILES string of the molecule is Cc1cnn(CCOc2ccc(N)cc2Cl)c1. The number of rotatable bonds is 4. The first kappa shape index (κ1) is 11.8. The van der Waals surface area contributed by atoms with Crippen LogP contribution in [0.4, 0.5) is 5.69 Å². The van der Waals surface area contributed by atoms with Crippen LogP contribution in [0.1, 0.15) is 5.56 Å². The smallest absolute Gasteiger partial charge is 0.138 e. The van der Waals surface area contributed by atoms with Gasteiger partial charge in [0.15, 0.2) is 0 Å². The number of nitrogens with two attached hydrogens (primary N) is 1. The van der Waals surface area contributed by atoms with Crippen LogP contribution in [-0.4, -0.2) is 16.4 Å². The summed E-state index contributed by atoms with van der Waals surface area (Å²) in [5, 5.41) is 4.70. The Morgan fingerprint density at radius 3 is 2.94 bits per heavy atom. The Labute approximate surface area is 105 Å². The second-order valence-electron chi connectivity index (χ2n) is 3.82. The van der Waals surface area contributed by atoms with Crippen LogP contribution in [0.2, 0.25) is 5.02 Å². The van der Waals surface area contributed by atoms with Gasteiger partial charge in [0.05, 0.1) is 17.8 Å². The van der Waals surface area contributed by atoms with E-state index < -0.39 is 0 Å². The molecule has 2 N–H and O–H groups in total. The van der Waals surface area contributed by atoms with Gasteiger partial charge in [-0.2, -0.15) is 5.10 Å². The molecule has 0 radical (unpaired) electrons. The fourth-order valence-electron chi connectivity index (χ4n) is 1.47. The molecule has 0 unspecified atom stereocenters. The summed E-state index contributed by atoms with van der Waals surface area (Å²) in [4.78, 5) is 0. The monoisotopic (exact) mass is 251 g/mol. The number of halogens is 1. The molecular formula is C12H14ClN3O. The Kier molecular flexibility index (Phi) is 3.54. The van der Waals surface area contributed by atoms with Gasteiger partial charge >= 0.3 is 0 Å². The summed E-state index contributed by atoms with van der Waals surface area (Å²) in [6.45, 7) is 3.21. The number of nitrogen functional groups attached to an aromatic ring is 1. The Morgan fingerprint density at radius 2 is 2.29 bits per heavy atom. The zero-order chi connectivity index (χ0) is 12.3. The van der Waals surface area contributed by atoms with Crippen molar-refractivity contribution in [3.63, 3.8) is 0 Å². The minimum Gasteiger partial charge on any atom is -0.490 e. The van der Waals surface area contributed by atoms with E-state index in [1.807, 2.05) is 24.0 Å². The van der Waals surface area contributed by atoms with Crippen molar-refractivity contribution < 1.29 is 4.74 Å². The molecule has 0 saturated heterocycles. The molecule has 4 nitrogen and oxygen atoms in total. The fraction of sp³-hybridized carbons (Fsp3) is 0.250. The minimum absolute atomic E-state index is 0.519. The first-order valence-corrected chi connectivity index (χ1v) is 5.70. The van der Waals surface area contributed by atoms with Gasteiger partial charge in [-0.3, -0.25) is 4.68 Å². The van der Waals surface area contributed by atoms with Gasteiger partial charge < -0.3 is 10.5 Å². The van der Waals surface area contributed by atoms with Gasteiger partial charge in [0.2, 0.25) is 0 Å². The third kappa shape index (κ3) is 3.14. The lowest BCUT2D eigenvalue weighted by atomic mass is 10.3. The molecule has 1 heterocycles. The van der Waals surface area contributed by atoms with E-state index in [1.54, 1.807) is 18.2 Å². The molecule has 0 atom stereocenters. The van der Waals surface area contributed by atoms with Crippen LogP contribution in [0.5, 0.6) is 5.75 Å². The van der Waals surface area contributed by atoms with E-state index in [0.717, 1.165) is 5.56 Å². The molecule has 90 valence electrons. The third-order valence-corrected chi connectivity index (χ3v) is 2.59. The molecule has 0 amide bonds. The summed E-state index contributed by atoms with van der Waals surface area (Å²) in [5.41, 5.74) is 7.36. The number of hydrogen-bond donors (Lipinski definition) is 1. The quantitative estimate of drug-likeness (QED) is 0.850. The minimum atomic E-state index is 0.519. The third-order valence-electron chi connectivity index (χ3n) is 2.30. The Morgan fingerprint density at radius 1 is 1.47 bits per heavy atom. The summed E-state index contributed by atoms with van der Waals surface area (Å²) in [6, 6.07) is 5.21. The van der Waals surface area contributed by atoms with Crippen LogP contribution < -0.4 is 10.5 Å². The number of aryl methyl sites for hydroxylation is 1. The number of ether oxygens (including phenoxy) is 1. The van der Waals surface area contributed by atoms with Gasteiger partial charge in [-0.25, -0.2) is 0 Å². The molecule has 0 bridgehead atoms. The van der Waals surface area contributed by atoms with Gasteiger partial charge in [0, 0.05) is 11.9 Å². The number of aromatic nitrogens is 2. The molecule has 0 aliphatic carbocycles. The topological polar surface area (TPSA) is 53.1 Å². The van der Waals surface area contributed by atoms with Crippen LogP contribution in [-0.2, 0) is 6.54 Å². The van der Waals surface area contributed by atoms with Gasteiger partial charge in [0.25, 0.3) is 0 Å². The molecule has 1 aromatic heterocycles. The van der Waals surface area contributed by atoms with Crippen LogP contribution in [0.15, 0.2) is 30.6 Å². The van der Waals surface area contributed by atoms with Gasteiger partial charge in [-0.1, -0.05) is 11.6 Å². The molecule has 17 heavy (non-hydrogen) atoms. The summed E-state index contributed by atoms with van der Waals surface area (Å²) >= 11 is 5.99. The molecule has 0 fully saturated rings. The number of benzene rings is 1. The molecule has 0 aliphatic rings. The Balaban J connectivity index is 1.90. The van der Waals surface area contributed by atoms with Crippen molar-refractivity contribution in [3.8, 4) is 5.75 Å². The standard InChI is InChI=1S/C12H14ClN3O/c1-9-7-15-16(8-9)4-5-17-12-3-2-10(14)6-11(12)13/h2-3,6-8H,4-5,14H2,1H3. The molecular weight excluding hydrogens is 238 g/mol. The summed E-state index contributed by atoms with van der Waals surface area (Å²) in [6.07, 6.45) is 3.78. The average molecular weight is 252 g/mol. The Bertz CT molecular complexity index is 510. The normalized spacial score (nSPS) is 10.5. The summed E-state index contributed by atoms with van der Waals surface area (Å²) in [7, 11) is 0. The van der Waals surface area contributed by atoms with Crippen molar-refractivity contribution in [2.75, 3.05) is 12.3 Å². The van der Waals surface area contributed by atoms with Gasteiger partial charge in [-0.15, -0.1) is 0 Å². The Hall–Kier alpha value is -1.68. The van der Waals surface area contributed by atoms with Crippen LogP contribution >= 0.6 is 11.6 Å². The number of anilines is 1. The fourth-order valence-corrected chi connectivity index (χ4v) is 1.72. The lowest BCUT2D eigenvalue weighted by Gasteiger charge is -2.08. The number of hydrogen-bond acceptors (Lipinski definition) is 3. The predicted molar refractivity (Wildman–Crippen MR) is 68.3 cm³/mol. The van der Waals surface area contributed by atoms with E-state index in [9.17, 15) is 0 Å². The summed E-state index contributed by atoms with van der Waals surface area (Å²) in [5.74, 6) is 0.643. The van der Waals surface area contributed by atoms with Crippen molar-refractivity contribution in [1.82, 2.24) is 9.78 Å². The number of nitrogens with zero attached hydrogens (tertiary/aromatic N) is 2. The largest absolute Gasteiger partial charge is 0.490 e. The van der Waals surface area contributed by atoms with Crippen LogP contribution in [0.3, 0.4) is 0 Å². The second kappa shape index (κ2) is 5.10. The van der Waals surface area contributed by atoms with E-state index >= 15 is 0 Å². The van der Waals surface area contributed by atoms with E-state index in [1.165, 1.54) is 0 Å². The van der Waals surface area contributed by atoms with Crippen LogP contribution in [0.25, 0.3) is 0 Å². The highest BCUT2D eigenvalue weighted by Crippen LogP contribution is 2.26. The highest BCUT2D eigenvalue weighted by atomic mass is 35.5. The van der Waals surface area contributed by atoms with Crippen molar-refractivity contribution in [2.24, 2.45) is 0 Å². The molecule has 2 rings (SSSR count). The van der Waals surface area contributed by atoms with E-state index in [0.29, 0.717) is 29.6 Å². The zero-order valence-electron chi connectivity index (χ0n) is 9.56. The lowest BCUT2D eigenvalue weighted by Crippen LogP contribution is -2.08. The van der Waals surface area contributed by atoms with Crippen molar-refractivity contribution in [3.05, 3.63) is 41.2 Å². The van der Waals surface area contributed by atoms with Crippen molar-refractivity contribution in [2.45, 2.75) is 13.5 Å². The maximum atomic E-state index is 5.99. The molecule has 5 heteroatoms. The van der Waals surface area contributed by atoms with E-state index in [4.69, 9.17) is 22.1 Å². The first-order valence-electron chi connectivity index (χ1n) is 5.32. The van der Waals surface area contributed by atoms with Crippen molar-refractivity contribution in [1.29, 1.82) is 0 Å². The van der Waals surface area contributed by atoms with Gasteiger partial charge in [0.1, 0.15) is 12.4 Å². The first-order chi connectivity index (χ1) is 8.15. The molecule has 0 saturated carbocycles. The average Bonchev–Trinajstić information content (AvgIpc) is 2.68. The predicted octanol–water partition coefficient (Wildman–Crippen LogP) is 2.51. The van der Waals surface area contributed by atoms with E-state index in [2.05, 4.69) is 5.10 Å². The summed E-state index contributed by atoms with van der Waals surface area (Å²) < 4.78 is 7.39. The molecule has 1 aromatic carbocycles. The maximum absolute atomic E-state index is 5.99. The van der Waals surface area contributed by atoms with Gasteiger partial charge in [-0.05, 0) is 30.7 Å². The molecule has 0 spiro atoms. The van der Waals surface area contributed by atoms with Crippen molar-refractivity contribution >= 4 is 17.3 Å². The molecule has 0 aliphatic heterocycles. The van der Waals surface area contributed by atoms with E-state index in [-0.39, 0.29) is 0 Å². The molecule has 2 aromatic rings.